The quantitative estimate of drug-likeness (QED) is 0.906. The maximum atomic E-state index is 13.5. The molecule has 0 saturated heterocycles. The molecule has 0 aliphatic rings. The summed E-state index contributed by atoms with van der Waals surface area (Å²) in [5.41, 5.74) is 5.73. The first-order valence-corrected chi connectivity index (χ1v) is 7.98. The van der Waals surface area contributed by atoms with Crippen LogP contribution < -0.4 is 11.3 Å². The molecule has 5 nitrogen and oxygen atoms in total. The molecule has 0 aliphatic heterocycles. The summed E-state index contributed by atoms with van der Waals surface area (Å²) in [6.07, 6.45) is 1.65. The Hall–Kier alpha value is -2.15. The van der Waals surface area contributed by atoms with Crippen molar-refractivity contribution in [1.82, 2.24) is 4.57 Å². The van der Waals surface area contributed by atoms with Crippen molar-refractivity contribution in [2.75, 3.05) is 11.5 Å². The summed E-state index contributed by atoms with van der Waals surface area (Å²) in [5, 5.41) is 0. The molecule has 21 heavy (non-hydrogen) atoms. The molecule has 0 fully saturated rings. The number of halogens is 1. The van der Waals surface area contributed by atoms with Crippen LogP contribution in [0.3, 0.4) is 0 Å². The van der Waals surface area contributed by atoms with Crippen LogP contribution in [0.4, 0.5) is 10.1 Å². The van der Waals surface area contributed by atoms with E-state index in [1.165, 1.54) is 41.1 Å². The number of hydrogen-bond donors (Lipinski definition) is 1. The van der Waals surface area contributed by atoms with E-state index in [-0.39, 0.29) is 29.2 Å². The van der Waals surface area contributed by atoms with E-state index in [0.717, 1.165) is 6.07 Å². The van der Waals surface area contributed by atoms with Crippen LogP contribution in [-0.4, -0.2) is 18.7 Å². The van der Waals surface area contributed by atoms with Crippen LogP contribution in [0.5, 0.6) is 0 Å². The number of pyridine rings is 1. The van der Waals surface area contributed by atoms with Crippen LogP contribution in [0.2, 0.25) is 0 Å². The van der Waals surface area contributed by atoms with Gasteiger partial charge in [-0.1, -0.05) is 12.1 Å². The first-order valence-electron chi connectivity index (χ1n) is 6.33. The van der Waals surface area contributed by atoms with Crippen molar-refractivity contribution in [3.05, 3.63) is 58.8 Å². The van der Waals surface area contributed by atoms with Gasteiger partial charge in [-0.3, -0.25) is 4.79 Å². The van der Waals surface area contributed by atoms with Gasteiger partial charge >= 0.3 is 0 Å². The van der Waals surface area contributed by atoms with Crippen molar-refractivity contribution in [3.8, 4) is 0 Å². The Morgan fingerprint density at radius 3 is 2.57 bits per heavy atom. The fraction of sp³-hybridized carbons (Fsp3) is 0.214. The van der Waals surface area contributed by atoms with E-state index < -0.39 is 15.7 Å². The van der Waals surface area contributed by atoms with Gasteiger partial charge in [-0.05, 0) is 24.6 Å². The highest BCUT2D eigenvalue weighted by Gasteiger charge is 2.18. The Bertz CT molecular complexity index is 800. The highest BCUT2D eigenvalue weighted by molar-refractivity contribution is 7.91. The molecular formula is C14H15FN2O3S. The van der Waals surface area contributed by atoms with Crippen molar-refractivity contribution in [3.63, 3.8) is 0 Å². The van der Waals surface area contributed by atoms with Crippen molar-refractivity contribution in [1.29, 1.82) is 0 Å². The molecule has 7 heteroatoms. The number of benzene rings is 1. The summed E-state index contributed by atoms with van der Waals surface area (Å²) >= 11 is 0. The minimum absolute atomic E-state index is 0.194. The normalized spacial score (nSPS) is 11.5. The minimum atomic E-state index is -3.71. The van der Waals surface area contributed by atoms with Crippen LogP contribution in [0, 0.1) is 5.82 Å². The number of aryl methyl sites for hydroxylation is 1. The van der Waals surface area contributed by atoms with Crippen LogP contribution in [0.1, 0.15) is 6.42 Å². The van der Waals surface area contributed by atoms with Crippen molar-refractivity contribution >= 4 is 15.5 Å². The lowest BCUT2D eigenvalue weighted by molar-refractivity contribution is 0.561. The average Bonchev–Trinajstić information content (AvgIpc) is 2.43. The molecule has 0 radical (unpaired) electrons. The third kappa shape index (κ3) is 3.69. The van der Waals surface area contributed by atoms with Crippen molar-refractivity contribution < 1.29 is 12.8 Å². The average molecular weight is 310 g/mol. The Kier molecular flexibility index (Phi) is 4.42. The van der Waals surface area contributed by atoms with Crippen LogP contribution in [-0.2, 0) is 16.4 Å². The largest absolute Gasteiger partial charge is 0.398 e. The van der Waals surface area contributed by atoms with E-state index in [1.54, 1.807) is 0 Å². The fourth-order valence-corrected chi connectivity index (χ4v) is 3.34. The van der Waals surface area contributed by atoms with E-state index in [4.69, 9.17) is 5.73 Å². The number of nitrogen functional groups attached to an aromatic ring is 1. The SMILES string of the molecule is Nc1ccc(=O)n(CCCS(=O)(=O)c2ccccc2F)c1. The van der Waals surface area contributed by atoms with E-state index in [2.05, 4.69) is 0 Å². The number of nitrogens with zero attached hydrogens (tertiary/aromatic N) is 1. The summed E-state index contributed by atoms with van der Waals surface area (Å²) in [6, 6.07) is 8.04. The molecule has 2 aromatic rings. The standard InChI is InChI=1S/C14H15FN2O3S/c15-12-4-1-2-5-13(12)21(19,20)9-3-8-17-10-11(16)6-7-14(17)18/h1-2,4-7,10H,3,8-9,16H2. The lowest BCUT2D eigenvalue weighted by Crippen LogP contribution is -2.20. The third-order valence-electron chi connectivity index (χ3n) is 2.99. The van der Waals surface area contributed by atoms with E-state index in [9.17, 15) is 17.6 Å². The van der Waals surface area contributed by atoms with Gasteiger partial charge in [-0.2, -0.15) is 0 Å². The van der Waals surface area contributed by atoms with Crippen LogP contribution in [0.25, 0.3) is 0 Å². The third-order valence-corrected chi connectivity index (χ3v) is 4.82. The van der Waals surface area contributed by atoms with Crippen molar-refractivity contribution in [2.24, 2.45) is 0 Å². The fourth-order valence-electron chi connectivity index (χ4n) is 1.96. The molecule has 112 valence electrons. The molecule has 0 aliphatic carbocycles. The molecule has 0 saturated carbocycles. The highest BCUT2D eigenvalue weighted by Crippen LogP contribution is 2.16. The van der Waals surface area contributed by atoms with Gasteiger partial charge in [-0.15, -0.1) is 0 Å². The first-order chi connectivity index (χ1) is 9.90. The minimum Gasteiger partial charge on any atom is -0.398 e. The number of hydrogen-bond acceptors (Lipinski definition) is 4. The zero-order valence-electron chi connectivity index (χ0n) is 11.2. The molecular weight excluding hydrogens is 295 g/mol. The lowest BCUT2D eigenvalue weighted by Gasteiger charge is -2.08. The molecule has 1 heterocycles. The van der Waals surface area contributed by atoms with Gasteiger partial charge in [0.05, 0.1) is 5.75 Å². The first kappa shape index (κ1) is 15.2. The Morgan fingerprint density at radius 2 is 1.86 bits per heavy atom. The summed E-state index contributed by atoms with van der Waals surface area (Å²) in [6.45, 7) is 0.206. The second kappa shape index (κ2) is 6.09. The molecule has 0 unspecified atom stereocenters. The second-order valence-electron chi connectivity index (χ2n) is 4.60. The summed E-state index contributed by atoms with van der Waals surface area (Å²) in [7, 11) is -3.71. The van der Waals surface area contributed by atoms with E-state index in [0.29, 0.717) is 5.69 Å². The number of sulfone groups is 1. The molecule has 1 aromatic heterocycles. The van der Waals surface area contributed by atoms with Crippen molar-refractivity contribution in [2.45, 2.75) is 17.9 Å². The Labute approximate surface area is 121 Å². The van der Waals surface area contributed by atoms with Gasteiger partial charge in [0.1, 0.15) is 10.7 Å². The van der Waals surface area contributed by atoms with Gasteiger partial charge in [0.2, 0.25) is 0 Å². The van der Waals surface area contributed by atoms with Gasteiger partial charge in [0, 0.05) is 24.5 Å². The molecule has 2 N–H and O–H groups in total. The smallest absolute Gasteiger partial charge is 0.250 e. The zero-order valence-corrected chi connectivity index (χ0v) is 12.0. The maximum absolute atomic E-state index is 13.5. The Morgan fingerprint density at radius 1 is 1.14 bits per heavy atom. The van der Waals surface area contributed by atoms with Gasteiger partial charge in [0.25, 0.3) is 5.56 Å². The number of aromatic nitrogens is 1. The monoisotopic (exact) mass is 310 g/mol. The Balaban J connectivity index is 2.08. The molecule has 0 bridgehead atoms. The number of nitrogens with two attached hydrogens (primary N) is 1. The highest BCUT2D eigenvalue weighted by atomic mass is 32.2. The lowest BCUT2D eigenvalue weighted by atomic mass is 10.3. The predicted octanol–water partition coefficient (Wildman–Crippen LogP) is 1.43. The molecule has 0 spiro atoms. The summed E-state index contributed by atoms with van der Waals surface area (Å²) < 4.78 is 38.9. The molecule has 0 amide bonds. The van der Waals surface area contributed by atoms with Gasteiger partial charge < -0.3 is 10.3 Å². The predicted molar refractivity (Wildman–Crippen MR) is 78.2 cm³/mol. The van der Waals surface area contributed by atoms with Gasteiger partial charge in [-0.25, -0.2) is 12.8 Å². The topological polar surface area (TPSA) is 82.2 Å². The number of rotatable bonds is 5. The molecule has 0 atom stereocenters. The molecule has 1 aromatic carbocycles. The number of anilines is 1. The maximum Gasteiger partial charge on any atom is 0.250 e. The van der Waals surface area contributed by atoms with Crippen LogP contribution >= 0.6 is 0 Å². The zero-order chi connectivity index (χ0) is 15.5. The second-order valence-corrected chi connectivity index (χ2v) is 6.67. The summed E-state index contributed by atoms with van der Waals surface area (Å²) in [4.78, 5) is 11.2. The van der Waals surface area contributed by atoms with E-state index >= 15 is 0 Å². The van der Waals surface area contributed by atoms with Crippen LogP contribution in [0.15, 0.2) is 52.3 Å². The summed E-state index contributed by atoms with van der Waals surface area (Å²) in [5.74, 6) is -1.01. The van der Waals surface area contributed by atoms with E-state index in [1.807, 2.05) is 0 Å². The molecule has 2 rings (SSSR count). The van der Waals surface area contributed by atoms with Gasteiger partial charge in [0.15, 0.2) is 9.84 Å².